The maximum atomic E-state index is 13.8. The van der Waals surface area contributed by atoms with Crippen LogP contribution < -0.4 is 4.72 Å². The molecule has 0 amide bonds. The number of anilines is 1. The Morgan fingerprint density at radius 1 is 1.43 bits per heavy atom. The summed E-state index contributed by atoms with van der Waals surface area (Å²) in [5, 5.41) is 12.4. The zero-order chi connectivity index (χ0) is 15.5. The fraction of sp³-hybridized carbons (Fsp3) is 0.154. The Hall–Kier alpha value is -2.37. The molecule has 0 saturated heterocycles. The van der Waals surface area contributed by atoms with Crippen LogP contribution in [0.3, 0.4) is 0 Å². The molecule has 1 aromatic heterocycles. The average molecular weight is 309 g/mol. The van der Waals surface area contributed by atoms with Gasteiger partial charge in [0.15, 0.2) is 0 Å². The van der Waals surface area contributed by atoms with Gasteiger partial charge >= 0.3 is 0 Å². The Morgan fingerprint density at radius 2 is 2.19 bits per heavy atom. The molecule has 21 heavy (non-hydrogen) atoms. The monoisotopic (exact) mass is 309 g/mol. The van der Waals surface area contributed by atoms with Gasteiger partial charge in [-0.2, -0.15) is 5.10 Å². The number of aromatic nitrogens is 2. The summed E-state index contributed by atoms with van der Waals surface area (Å²) in [6, 6.07) is 4.84. The van der Waals surface area contributed by atoms with Gasteiger partial charge in [-0.3, -0.25) is 9.40 Å². The van der Waals surface area contributed by atoms with Gasteiger partial charge in [0, 0.05) is 13.1 Å². The van der Waals surface area contributed by atoms with Crippen LogP contribution in [0.1, 0.15) is 5.56 Å². The minimum atomic E-state index is -3.91. The van der Waals surface area contributed by atoms with Gasteiger partial charge < -0.3 is 5.11 Å². The van der Waals surface area contributed by atoms with Crippen molar-refractivity contribution < 1.29 is 17.9 Å². The molecule has 0 atom stereocenters. The van der Waals surface area contributed by atoms with Gasteiger partial charge in [-0.05, 0) is 18.2 Å². The molecule has 0 unspecified atom stereocenters. The number of sulfonamides is 1. The standard InChI is InChI=1S/C13H12FN3O3S/c1-17-13(6-7-15-17)16-21(19,20)11-5-4-10(3-2-8-18)12(14)9-11/h4-7,9,16,18H,8H2,1H3. The molecule has 1 heterocycles. The molecule has 0 fully saturated rings. The van der Waals surface area contributed by atoms with Crippen LogP contribution in [-0.4, -0.2) is 29.9 Å². The second-order valence-electron chi connectivity index (χ2n) is 4.05. The maximum absolute atomic E-state index is 13.8. The number of aliphatic hydroxyl groups is 1. The summed E-state index contributed by atoms with van der Waals surface area (Å²) in [4.78, 5) is -0.226. The molecule has 2 rings (SSSR count). The third-order valence-corrected chi connectivity index (χ3v) is 3.97. The Bertz CT molecular complexity index is 819. The fourth-order valence-electron chi connectivity index (χ4n) is 1.57. The van der Waals surface area contributed by atoms with E-state index in [1.54, 1.807) is 7.05 Å². The van der Waals surface area contributed by atoms with E-state index in [2.05, 4.69) is 21.7 Å². The number of nitrogens with zero attached hydrogens (tertiary/aromatic N) is 2. The zero-order valence-corrected chi connectivity index (χ0v) is 11.9. The lowest BCUT2D eigenvalue weighted by Gasteiger charge is -2.08. The van der Waals surface area contributed by atoms with Crippen LogP contribution in [0.15, 0.2) is 35.4 Å². The first-order valence-corrected chi connectivity index (χ1v) is 7.32. The lowest BCUT2D eigenvalue weighted by molar-refractivity contribution is 0.350. The molecule has 110 valence electrons. The molecule has 1 aromatic carbocycles. The van der Waals surface area contributed by atoms with Crippen molar-refractivity contribution >= 4 is 15.8 Å². The molecule has 2 aromatic rings. The number of hydrogen-bond acceptors (Lipinski definition) is 4. The van der Waals surface area contributed by atoms with Crippen molar-refractivity contribution in [3.8, 4) is 11.8 Å². The predicted molar refractivity (Wildman–Crippen MR) is 74.4 cm³/mol. The van der Waals surface area contributed by atoms with Gasteiger partial charge in [-0.15, -0.1) is 0 Å². The van der Waals surface area contributed by atoms with Crippen molar-refractivity contribution in [2.24, 2.45) is 7.05 Å². The number of rotatable bonds is 3. The van der Waals surface area contributed by atoms with E-state index in [1.165, 1.54) is 29.1 Å². The van der Waals surface area contributed by atoms with Crippen LogP contribution in [0.4, 0.5) is 10.2 Å². The summed E-state index contributed by atoms with van der Waals surface area (Å²) in [6.45, 7) is -0.401. The Balaban J connectivity index is 2.33. The summed E-state index contributed by atoms with van der Waals surface area (Å²) in [7, 11) is -2.34. The molecule has 0 radical (unpaired) electrons. The third kappa shape index (κ3) is 3.39. The molecule has 0 saturated carbocycles. The van der Waals surface area contributed by atoms with Crippen molar-refractivity contribution in [2.75, 3.05) is 11.3 Å². The molecule has 0 bridgehead atoms. The molecule has 0 aliphatic carbocycles. The number of nitrogens with one attached hydrogen (secondary N) is 1. The Labute approximate surface area is 121 Å². The Morgan fingerprint density at radius 3 is 2.76 bits per heavy atom. The van der Waals surface area contributed by atoms with Crippen molar-refractivity contribution in [3.63, 3.8) is 0 Å². The zero-order valence-electron chi connectivity index (χ0n) is 11.0. The number of aryl methyl sites for hydroxylation is 1. The third-order valence-electron chi connectivity index (χ3n) is 2.61. The molecule has 0 aliphatic heterocycles. The highest BCUT2D eigenvalue weighted by Crippen LogP contribution is 2.18. The second kappa shape index (κ2) is 5.95. The topological polar surface area (TPSA) is 84.2 Å². The van der Waals surface area contributed by atoms with Crippen LogP contribution in [0, 0.1) is 17.7 Å². The van der Waals surface area contributed by atoms with E-state index in [0.717, 1.165) is 6.07 Å². The van der Waals surface area contributed by atoms with Crippen LogP contribution in [-0.2, 0) is 17.1 Å². The number of benzene rings is 1. The Kier molecular flexibility index (Phi) is 4.26. The van der Waals surface area contributed by atoms with E-state index in [-0.39, 0.29) is 16.3 Å². The first kappa shape index (κ1) is 15.0. The first-order chi connectivity index (χ1) is 9.94. The highest BCUT2D eigenvalue weighted by atomic mass is 32.2. The minimum absolute atomic E-state index is 0.0172. The lowest BCUT2D eigenvalue weighted by atomic mass is 10.2. The van der Waals surface area contributed by atoms with E-state index in [9.17, 15) is 12.8 Å². The average Bonchev–Trinajstić information content (AvgIpc) is 2.82. The van der Waals surface area contributed by atoms with Gasteiger partial charge in [0.05, 0.1) is 16.7 Å². The molecular formula is C13H12FN3O3S. The first-order valence-electron chi connectivity index (χ1n) is 5.84. The maximum Gasteiger partial charge on any atom is 0.263 e. The van der Waals surface area contributed by atoms with Gasteiger partial charge in [0.2, 0.25) is 0 Å². The highest BCUT2D eigenvalue weighted by Gasteiger charge is 2.17. The quantitative estimate of drug-likeness (QED) is 0.818. The highest BCUT2D eigenvalue weighted by molar-refractivity contribution is 7.92. The summed E-state index contributed by atoms with van der Waals surface area (Å²) in [5.74, 6) is 4.18. The predicted octanol–water partition coefficient (Wildman–Crippen LogP) is 0.704. The number of aliphatic hydroxyl groups excluding tert-OH is 1. The SMILES string of the molecule is Cn1nccc1NS(=O)(=O)c1ccc(C#CCO)c(F)c1. The van der Waals surface area contributed by atoms with E-state index in [4.69, 9.17) is 5.11 Å². The largest absolute Gasteiger partial charge is 0.384 e. The van der Waals surface area contributed by atoms with E-state index < -0.39 is 22.4 Å². The normalized spacial score (nSPS) is 10.8. The smallest absolute Gasteiger partial charge is 0.263 e. The molecule has 0 aliphatic rings. The molecular weight excluding hydrogens is 297 g/mol. The second-order valence-corrected chi connectivity index (χ2v) is 5.73. The van der Waals surface area contributed by atoms with Crippen molar-refractivity contribution in [2.45, 2.75) is 4.90 Å². The summed E-state index contributed by atoms with van der Waals surface area (Å²) < 4.78 is 41.7. The van der Waals surface area contributed by atoms with Crippen LogP contribution in [0.5, 0.6) is 0 Å². The molecule has 0 spiro atoms. The van der Waals surface area contributed by atoms with Gasteiger partial charge in [-0.1, -0.05) is 11.8 Å². The summed E-state index contributed by atoms with van der Waals surface area (Å²) >= 11 is 0. The van der Waals surface area contributed by atoms with Crippen molar-refractivity contribution in [3.05, 3.63) is 41.8 Å². The van der Waals surface area contributed by atoms with E-state index in [1.807, 2.05) is 0 Å². The molecule has 6 nitrogen and oxygen atoms in total. The number of hydrogen-bond donors (Lipinski definition) is 2. The van der Waals surface area contributed by atoms with Gasteiger partial charge in [-0.25, -0.2) is 12.8 Å². The van der Waals surface area contributed by atoms with Crippen molar-refractivity contribution in [1.29, 1.82) is 0 Å². The van der Waals surface area contributed by atoms with Gasteiger partial charge in [0.1, 0.15) is 18.2 Å². The number of halogens is 1. The van der Waals surface area contributed by atoms with Crippen LogP contribution in [0.25, 0.3) is 0 Å². The molecule has 8 heteroatoms. The van der Waals surface area contributed by atoms with Crippen molar-refractivity contribution in [1.82, 2.24) is 9.78 Å². The van der Waals surface area contributed by atoms with Crippen LogP contribution in [0.2, 0.25) is 0 Å². The lowest BCUT2D eigenvalue weighted by Crippen LogP contribution is -2.15. The summed E-state index contributed by atoms with van der Waals surface area (Å²) in [5.41, 5.74) is 0.0172. The summed E-state index contributed by atoms with van der Waals surface area (Å²) in [6.07, 6.45) is 1.44. The van der Waals surface area contributed by atoms with E-state index >= 15 is 0 Å². The van der Waals surface area contributed by atoms with E-state index in [0.29, 0.717) is 0 Å². The minimum Gasteiger partial charge on any atom is -0.384 e. The fourth-order valence-corrected chi connectivity index (χ4v) is 2.67. The van der Waals surface area contributed by atoms with Gasteiger partial charge in [0.25, 0.3) is 10.0 Å². The molecule has 2 N–H and O–H groups in total. The van der Waals surface area contributed by atoms with Crippen LogP contribution >= 0.6 is 0 Å².